The number of benzene rings is 1. The molecule has 1 saturated heterocycles. The molecular formula is C41H56N6O6. The van der Waals surface area contributed by atoms with Crippen LogP contribution in [0.2, 0.25) is 0 Å². The first-order chi connectivity index (χ1) is 25.1. The van der Waals surface area contributed by atoms with Gasteiger partial charge in [-0.1, -0.05) is 78.2 Å². The van der Waals surface area contributed by atoms with Gasteiger partial charge in [0.15, 0.2) is 5.88 Å². The molecule has 2 heterocycles. The number of urea groups is 1. The second-order valence-corrected chi connectivity index (χ2v) is 16.7. The number of aromatic hydroxyl groups is 1. The first-order valence-electron chi connectivity index (χ1n) is 18.9. The summed E-state index contributed by atoms with van der Waals surface area (Å²) < 4.78 is 1.73. The normalized spacial score (nSPS) is 22.4. The van der Waals surface area contributed by atoms with E-state index in [2.05, 4.69) is 47.6 Å². The van der Waals surface area contributed by atoms with Crippen molar-refractivity contribution in [2.45, 2.75) is 110 Å². The minimum absolute atomic E-state index is 0.0637. The fourth-order valence-corrected chi connectivity index (χ4v) is 8.41. The average molecular weight is 729 g/mol. The first-order valence-corrected chi connectivity index (χ1v) is 18.9. The van der Waals surface area contributed by atoms with Gasteiger partial charge in [0.2, 0.25) is 17.6 Å². The fourth-order valence-electron chi connectivity index (χ4n) is 8.41. The molecule has 0 spiro atoms. The Morgan fingerprint density at radius 2 is 1.77 bits per heavy atom. The minimum Gasteiger partial charge on any atom is -0.494 e. The maximum Gasteiger partial charge on any atom is 0.315 e. The Labute approximate surface area is 312 Å². The molecule has 5 amide bonds. The van der Waals surface area contributed by atoms with Crippen LogP contribution in [0.25, 0.3) is 10.8 Å². The monoisotopic (exact) mass is 728 g/mol. The number of terminal acetylenes is 1. The lowest BCUT2D eigenvalue weighted by atomic mass is 9.83. The number of fused-ring (bicyclic) bond motifs is 2. The molecule has 0 radical (unpaired) electrons. The van der Waals surface area contributed by atoms with Gasteiger partial charge in [0, 0.05) is 43.0 Å². The largest absolute Gasteiger partial charge is 0.494 e. The summed E-state index contributed by atoms with van der Waals surface area (Å²) in [6.45, 7) is 14.4. The molecule has 12 heteroatoms. The van der Waals surface area contributed by atoms with Gasteiger partial charge in [0.1, 0.15) is 12.1 Å². The summed E-state index contributed by atoms with van der Waals surface area (Å²) in [5, 5.41) is 24.0. The molecule has 1 unspecified atom stereocenters. The van der Waals surface area contributed by atoms with Crippen LogP contribution in [0.3, 0.4) is 0 Å². The van der Waals surface area contributed by atoms with Crippen LogP contribution in [0, 0.1) is 40.9 Å². The zero-order valence-corrected chi connectivity index (χ0v) is 31.7. The van der Waals surface area contributed by atoms with E-state index in [-0.39, 0.29) is 54.3 Å². The summed E-state index contributed by atoms with van der Waals surface area (Å²) in [4.78, 5) is 70.1. The maximum atomic E-state index is 14.7. The van der Waals surface area contributed by atoms with E-state index in [4.69, 9.17) is 6.42 Å². The first kappa shape index (κ1) is 39.4. The molecule has 2 aromatic rings. The molecule has 53 heavy (non-hydrogen) atoms. The number of carbonyl (C=O) groups excluding carboxylic acids is 5. The summed E-state index contributed by atoms with van der Waals surface area (Å²) in [5.41, 5.74) is -0.621. The molecule has 5 rings (SSSR count). The second-order valence-electron chi connectivity index (χ2n) is 16.7. The molecule has 1 aromatic heterocycles. The molecule has 286 valence electrons. The Kier molecular flexibility index (Phi) is 11.9. The van der Waals surface area contributed by atoms with Crippen molar-refractivity contribution in [1.29, 1.82) is 0 Å². The van der Waals surface area contributed by atoms with Crippen LogP contribution < -0.4 is 21.3 Å². The molecule has 1 aliphatic heterocycles. The van der Waals surface area contributed by atoms with Crippen molar-refractivity contribution in [2.75, 3.05) is 13.1 Å². The van der Waals surface area contributed by atoms with Crippen molar-refractivity contribution < 1.29 is 29.1 Å². The highest BCUT2D eigenvalue weighted by molar-refractivity contribution is 6.38. The van der Waals surface area contributed by atoms with Crippen molar-refractivity contribution >= 4 is 40.3 Å². The van der Waals surface area contributed by atoms with Gasteiger partial charge in [-0.15, -0.1) is 18.9 Å². The quantitative estimate of drug-likeness (QED) is 0.111. The van der Waals surface area contributed by atoms with Crippen LogP contribution in [-0.4, -0.2) is 81.4 Å². The predicted molar refractivity (Wildman–Crippen MR) is 203 cm³/mol. The minimum atomic E-state index is -1.16. The highest BCUT2D eigenvalue weighted by Crippen LogP contribution is 2.65. The van der Waals surface area contributed by atoms with Crippen molar-refractivity contribution in [3.8, 4) is 18.2 Å². The summed E-state index contributed by atoms with van der Waals surface area (Å²) in [5.74, 6) is -0.123. The van der Waals surface area contributed by atoms with E-state index >= 15 is 0 Å². The van der Waals surface area contributed by atoms with Gasteiger partial charge in [-0.3, -0.25) is 19.2 Å². The van der Waals surface area contributed by atoms with E-state index in [0.29, 0.717) is 13.1 Å². The van der Waals surface area contributed by atoms with Crippen molar-refractivity contribution in [2.24, 2.45) is 28.6 Å². The highest BCUT2D eigenvalue weighted by atomic mass is 16.3. The van der Waals surface area contributed by atoms with Crippen LogP contribution >= 0.6 is 0 Å². The van der Waals surface area contributed by atoms with Gasteiger partial charge in [0.25, 0.3) is 5.91 Å². The number of piperidine rings is 1. The molecule has 3 aliphatic rings. The van der Waals surface area contributed by atoms with E-state index in [0.717, 1.165) is 42.9 Å². The summed E-state index contributed by atoms with van der Waals surface area (Å²) >= 11 is 0. The number of hydrogen-bond donors (Lipinski definition) is 5. The average Bonchev–Trinajstić information content (AvgIpc) is 3.40. The third kappa shape index (κ3) is 8.55. The highest BCUT2D eigenvalue weighted by Gasteiger charge is 2.69. The van der Waals surface area contributed by atoms with Crippen LogP contribution in [0.4, 0.5) is 4.79 Å². The van der Waals surface area contributed by atoms with Crippen LogP contribution in [0.15, 0.2) is 43.1 Å². The number of rotatable bonds is 14. The van der Waals surface area contributed by atoms with Gasteiger partial charge in [0.05, 0.1) is 12.1 Å². The molecule has 6 atom stereocenters. The summed E-state index contributed by atoms with van der Waals surface area (Å²) in [7, 11) is 0. The number of nitrogens with one attached hydrogen (secondary N) is 4. The smallest absolute Gasteiger partial charge is 0.315 e. The number of nitrogens with zero attached hydrogens (tertiary/aromatic N) is 2. The Bertz CT molecular complexity index is 1760. The number of amides is 5. The zero-order valence-electron chi connectivity index (χ0n) is 31.7. The van der Waals surface area contributed by atoms with E-state index in [9.17, 15) is 29.1 Å². The Balaban J connectivity index is 1.36. The van der Waals surface area contributed by atoms with Gasteiger partial charge in [-0.2, -0.15) is 0 Å². The molecule has 1 aromatic carbocycles. The second kappa shape index (κ2) is 16.1. The number of Topliss-reactive ketones (excluding diaryl/α,β-unsaturated/α-hetero) is 1. The van der Waals surface area contributed by atoms with E-state index < -0.39 is 53.2 Å². The topological polar surface area (TPSA) is 162 Å². The number of aromatic nitrogens is 1. The Hall–Kier alpha value is -4.79. The predicted octanol–water partition coefficient (Wildman–Crippen LogP) is 4.26. The molecule has 5 N–H and O–H groups in total. The van der Waals surface area contributed by atoms with Crippen LogP contribution in [-0.2, 0) is 25.7 Å². The number of hydrogen-bond acceptors (Lipinski definition) is 6. The molecule has 0 bridgehead atoms. The van der Waals surface area contributed by atoms with E-state index in [1.54, 1.807) is 9.47 Å². The third-order valence-electron chi connectivity index (χ3n) is 11.8. The molecular weight excluding hydrogens is 672 g/mol. The SMILES string of the molecule is C#CCCC(NC(=O)[C@@H]1[C@@H]2[C@H](CN1C(=O)[C@@H](NC(=O)N[C@H](Cn1cc3ccccc3c1O)C(C)(C)C)C1CCCCC1)C2(C)C)C(=O)C(=O)NCC=C. The van der Waals surface area contributed by atoms with E-state index in [1.165, 1.54) is 6.08 Å². The fraction of sp³-hybridized carbons (Fsp3) is 0.585. The zero-order chi connectivity index (χ0) is 38.7. The van der Waals surface area contributed by atoms with Gasteiger partial charge >= 0.3 is 6.03 Å². The van der Waals surface area contributed by atoms with Crippen molar-refractivity contribution in [3.05, 3.63) is 43.1 Å². The maximum absolute atomic E-state index is 14.7. The standard InChI is InChI=1S/C41H56N6O6/c1-8-10-20-29(34(48)36(50)42-21-9-2)43-35(49)33-31-28(41(31,6)7)23-47(33)38(52)32(25-16-12-11-13-17-25)45-39(53)44-30(40(3,4)5)24-46-22-26-18-14-15-19-27(26)37(46)51/h1,9,14-15,18-19,22,25,28-33,51H,2,10-13,16-17,20-21,23-24H2,3-7H3,(H,42,50)(H,43,49)(H2,44,45,53)/t28-,29?,30+,31-,32-,33-/m0/s1. The lowest BCUT2D eigenvalue weighted by Gasteiger charge is -2.38. The molecule has 3 fully saturated rings. The van der Waals surface area contributed by atoms with Crippen LogP contribution in [0.1, 0.15) is 79.6 Å². The number of likely N-dealkylation sites (tertiary alicyclic amines) is 1. The van der Waals surface area contributed by atoms with Gasteiger partial charge in [-0.25, -0.2) is 4.79 Å². The van der Waals surface area contributed by atoms with E-state index in [1.807, 2.05) is 51.2 Å². The summed E-state index contributed by atoms with van der Waals surface area (Å²) in [6.07, 6.45) is 13.4. The lowest BCUT2D eigenvalue weighted by molar-refractivity contribution is -0.144. The van der Waals surface area contributed by atoms with Crippen LogP contribution in [0.5, 0.6) is 5.88 Å². The molecule has 2 aliphatic carbocycles. The molecule has 12 nitrogen and oxygen atoms in total. The molecule has 2 saturated carbocycles. The summed E-state index contributed by atoms with van der Waals surface area (Å²) in [6, 6.07) is 3.70. The Morgan fingerprint density at radius 1 is 1.08 bits per heavy atom. The van der Waals surface area contributed by atoms with Crippen molar-refractivity contribution in [1.82, 2.24) is 30.7 Å². The van der Waals surface area contributed by atoms with Gasteiger partial charge < -0.3 is 35.8 Å². The Morgan fingerprint density at radius 3 is 2.42 bits per heavy atom. The van der Waals surface area contributed by atoms with Crippen molar-refractivity contribution in [3.63, 3.8) is 0 Å². The number of carbonyl (C=O) groups is 5. The lowest BCUT2D eigenvalue weighted by Crippen LogP contribution is -2.61. The van der Waals surface area contributed by atoms with Gasteiger partial charge in [-0.05, 0) is 53.9 Å². The third-order valence-corrected chi connectivity index (χ3v) is 11.8. The number of ketones is 1.